The molecule has 0 aliphatic carbocycles. The Balaban J connectivity index is 1.41. The summed E-state index contributed by atoms with van der Waals surface area (Å²) < 4.78 is 16.9. The van der Waals surface area contributed by atoms with Crippen molar-refractivity contribution in [2.45, 2.75) is 43.9 Å². The van der Waals surface area contributed by atoms with Crippen molar-refractivity contribution in [2.75, 3.05) is 0 Å². The third kappa shape index (κ3) is 3.05. The lowest BCUT2D eigenvalue weighted by atomic mass is 9.79. The van der Waals surface area contributed by atoms with E-state index >= 15 is 4.39 Å². The Bertz CT molecular complexity index is 1120. The number of hydrogen-bond donors (Lipinski definition) is 2. The molecule has 2 fully saturated rings. The molecular weight excluding hydrogens is 391 g/mol. The summed E-state index contributed by atoms with van der Waals surface area (Å²) in [6.07, 6.45) is 8.14. The molecule has 5 heterocycles. The Morgan fingerprint density at radius 3 is 3.07 bits per heavy atom. The number of hydrogen-bond acceptors (Lipinski definition) is 6. The molecule has 0 aromatic carbocycles. The molecule has 0 radical (unpaired) electrons. The third-order valence-electron chi connectivity index (χ3n) is 6.10. The molecule has 29 heavy (non-hydrogen) atoms. The molecule has 2 aliphatic rings. The lowest BCUT2D eigenvalue weighted by molar-refractivity contribution is 0.103. The number of halogens is 1. The number of imidazole rings is 1. The van der Waals surface area contributed by atoms with Crippen LogP contribution in [0.4, 0.5) is 4.39 Å². The van der Waals surface area contributed by atoms with Crippen molar-refractivity contribution in [1.82, 2.24) is 30.0 Å². The highest BCUT2D eigenvalue weighted by Gasteiger charge is 2.51. The van der Waals surface area contributed by atoms with Gasteiger partial charge in [0, 0.05) is 42.2 Å². The molecule has 2 aliphatic heterocycles. The van der Waals surface area contributed by atoms with E-state index in [9.17, 15) is 4.79 Å². The normalized spacial score (nSPS) is 28.6. The Labute approximate surface area is 170 Å². The second kappa shape index (κ2) is 6.70. The highest BCUT2D eigenvalue weighted by molar-refractivity contribution is 7.15. The van der Waals surface area contributed by atoms with Crippen LogP contribution in [0.5, 0.6) is 0 Å². The standard InChI is InChI=1S/C20H21FN6OS/c1-11(13-7-12-3-4-20(2,24-12)17(13)21)18-25-26-19(29-18)14-9-23-16(8-15(14)28)27-6-5-22-10-27/h5-6,8-10,12-13,17,24H,1,3-4,7H2,2H3,(H,23,28)/t12-,13+,17+,20+/m1/s1. The van der Waals surface area contributed by atoms with Gasteiger partial charge in [0.05, 0.1) is 5.56 Å². The van der Waals surface area contributed by atoms with E-state index in [0.717, 1.165) is 12.8 Å². The monoisotopic (exact) mass is 412 g/mol. The number of aromatic nitrogens is 5. The van der Waals surface area contributed by atoms with Crippen molar-refractivity contribution in [1.29, 1.82) is 0 Å². The van der Waals surface area contributed by atoms with Gasteiger partial charge < -0.3 is 10.3 Å². The summed E-state index contributed by atoms with van der Waals surface area (Å²) in [7, 11) is 0. The molecule has 4 atom stereocenters. The Morgan fingerprint density at radius 1 is 1.45 bits per heavy atom. The molecule has 5 rings (SSSR count). The van der Waals surface area contributed by atoms with Crippen molar-refractivity contribution in [3.8, 4) is 16.4 Å². The highest BCUT2D eigenvalue weighted by Crippen LogP contribution is 2.45. The van der Waals surface area contributed by atoms with Crippen LogP contribution in [0.1, 0.15) is 31.2 Å². The van der Waals surface area contributed by atoms with Crippen LogP contribution in [0, 0.1) is 5.92 Å². The lowest BCUT2D eigenvalue weighted by Crippen LogP contribution is -2.56. The molecule has 3 aromatic rings. The van der Waals surface area contributed by atoms with Crippen LogP contribution in [0.3, 0.4) is 0 Å². The number of alkyl halides is 1. The van der Waals surface area contributed by atoms with Crippen LogP contribution >= 0.6 is 11.3 Å². The number of aromatic amines is 1. The summed E-state index contributed by atoms with van der Waals surface area (Å²) in [5, 5.41) is 12.9. The summed E-state index contributed by atoms with van der Waals surface area (Å²) >= 11 is 1.28. The van der Waals surface area contributed by atoms with Crippen LogP contribution in [-0.4, -0.2) is 42.5 Å². The Kier molecular flexibility index (Phi) is 4.25. The van der Waals surface area contributed by atoms with Crippen molar-refractivity contribution in [3.63, 3.8) is 0 Å². The zero-order valence-electron chi connectivity index (χ0n) is 15.9. The van der Waals surface area contributed by atoms with Gasteiger partial charge in [0.15, 0.2) is 10.4 Å². The van der Waals surface area contributed by atoms with Gasteiger partial charge in [-0.3, -0.25) is 9.36 Å². The van der Waals surface area contributed by atoms with Crippen LogP contribution in [0.15, 0.2) is 42.4 Å². The fourth-order valence-corrected chi connectivity index (χ4v) is 5.37. The average Bonchev–Trinajstić information content (AvgIpc) is 3.45. The first-order chi connectivity index (χ1) is 13.9. The van der Waals surface area contributed by atoms with Crippen LogP contribution in [0.25, 0.3) is 22.0 Å². The molecule has 2 bridgehead atoms. The van der Waals surface area contributed by atoms with Crippen molar-refractivity contribution in [2.24, 2.45) is 5.92 Å². The summed E-state index contributed by atoms with van der Waals surface area (Å²) in [6, 6.07) is 1.82. The molecule has 2 saturated heterocycles. The first-order valence-corrected chi connectivity index (χ1v) is 10.4. The summed E-state index contributed by atoms with van der Waals surface area (Å²) in [5.41, 5.74) is 0.438. The van der Waals surface area contributed by atoms with E-state index in [0.29, 0.717) is 39.4 Å². The first-order valence-electron chi connectivity index (χ1n) is 9.60. The van der Waals surface area contributed by atoms with Crippen LogP contribution in [0.2, 0.25) is 0 Å². The number of piperidine rings is 1. The minimum atomic E-state index is -1.01. The van der Waals surface area contributed by atoms with Gasteiger partial charge in [-0.05, 0) is 31.8 Å². The fourth-order valence-electron chi connectivity index (χ4n) is 4.47. The maximum Gasteiger partial charge on any atom is 0.194 e. The maximum atomic E-state index is 15.2. The minimum Gasteiger partial charge on any atom is -0.347 e. The highest BCUT2D eigenvalue weighted by atomic mass is 32.1. The lowest BCUT2D eigenvalue weighted by Gasteiger charge is -2.40. The molecule has 150 valence electrons. The Hall–Kier alpha value is -2.65. The molecule has 0 saturated carbocycles. The van der Waals surface area contributed by atoms with Crippen LogP contribution in [-0.2, 0) is 0 Å². The van der Waals surface area contributed by atoms with E-state index in [1.165, 1.54) is 17.4 Å². The molecule has 0 spiro atoms. The second-order valence-electron chi connectivity index (χ2n) is 8.05. The largest absolute Gasteiger partial charge is 0.347 e. The van der Waals surface area contributed by atoms with Gasteiger partial charge in [-0.25, -0.2) is 9.37 Å². The topological polar surface area (TPSA) is 88.5 Å². The molecule has 9 heteroatoms. The van der Waals surface area contributed by atoms with E-state index in [1.807, 2.05) is 6.92 Å². The summed E-state index contributed by atoms with van der Waals surface area (Å²) in [5.74, 6) is 0.334. The van der Waals surface area contributed by atoms with E-state index < -0.39 is 11.7 Å². The van der Waals surface area contributed by atoms with Crippen LogP contribution < -0.4 is 10.7 Å². The number of nitrogens with zero attached hydrogens (tertiary/aromatic N) is 4. The van der Waals surface area contributed by atoms with Gasteiger partial charge in [0.1, 0.15) is 23.3 Å². The average molecular weight is 412 g/mol. The quantitative estimate of drug-likeness (QED) is 0.688. The number of fused-ring (bicyclic) bond motifs is 2. The SMILES string of the molecule is C=C(c1nnc(-c2c[nH]c(-n3ccnc3)cc2=O)s1)[C@@H]1C[C@H]2CC[C@](C)(N2)[C@H]1F. The number of H-pyrrole nitrogens is 1. The summed E-state index contributed by atoms with van der Waals surface area (Å²) in [4.78, 5) is 19.7. The number of pyridine rings is 1. The van der Waals surface area contributed by atoms with E-state index in [4.69, 9.17) is 0 Å². The van der Waals surface area contributed by atoms with Crippen molar-refractivity contribution < 1.29 is 4.39 Å². The maximum absolute atomic E-state index is 15.2. The van der Waals surface area contributed by atoms with Gasteiger partial charge in [-0.2, -0.15) is 0 Å². The van der Waals surface area contributed by atoms with Crippen molar-refractivity contribution >= 4 is 16.9 Å². The molecule has 7 nitrogen and oxygen atoms in total. The van der Waals surface area contributed by atoms with Gasteiger partial charge in [0.2, 0.25) is 0 Å². The molecule has 2 N–H and O–H groups in total. The van der Waals surface area contributed by atoms with E-state index in [2.05, 4.69) is 32.1 Å². The molecular formula is C20H21FN6OS. The number of allylic oxidation sites excluding steroid dienone is 1. The van der Waals surface area contributed by atoms with E-state index in [1.54, 1.807) is 29.5 Å². The molecule has 0 unspecified atom stereocenters. The zero-order valence-corrected chi connectivity index (χ0v) is 16.7. The van der Waals surface area contributed by atoms with Gasteiger partial charge >= 0.3 is 0 Å². The first kappa shape index (κ1) is 18.4. The second-order valence-corrected chi connectivity index (χ2v) is 9.02. The van der Waals surface area contributed by atoms with Gasteiger partial charge in [0.25, 0.3) is 0 Å². The van der Waals surface area contributed by atoms with E-state index in [-0.39, 0.29) is 11.3 Å². The molecule has 3 aromatic heterocycles. The zero-order chi connectivity index (χ0) is 20.2. The third-order valence-corrected chi connectivity index (χ3v) is 7.14. The van der Waals surface area contributed by atoms with Gasteiger partial charge in [-0.15, -0.1) is 10.2 Å². The Morgan fingerprint density at radius 2 is 2.31 bits per heavy atom. The molecule has 0 amide bonds. The summed E-state index contributed by atoms with van der Waals surface area (Å²) in [6.45, 7) is 6.10. The predicted molar refractivity (Wildman–Crippen MR) is 110 cm³/mol. The number of nitrogens with one attached hydrogen (secondary N) is 2. The predicted octanol–water partition coefficient (Wildman–Crippen LogP) is 2.96. The fraction of sp³-hybridized carbons (Fsp3) is 0.400. The number of rotatable bonds is 4. The van der Waals surface area contributed by atoms with Crippen molar-refractivity contribution in [3.05, 3.63) is 52.8 Å². The minimum absolute atomic E-state index is 0.170. The van der Waals surface area contributed by atoms with Gasteiger partial charge in [-0.1, -0.05) is 17.9 Å². The smallest absolute Gasteiger partial charge is 0.194 e.